The highest BCUT2D eigenvalue weighted by Crippen LogP contribution is 2.17. The van der Waals surface area contributed by atoms with Gasteiger partial charge in [0, 0.05) is 11.3 Å². The molecule has 0 aromatic heterocycles. The van der Waals surface area contributed by atoms with Crippen molar-refractivity contribution >= 4 is 21.9 Å². The van der Waals surface area contributed by atoms with Crippen molar-refractivity contribution in [1.29, 1.82) is 0 Å². The Morgan fingerprint density at radius 2 is 1.70 bits per heavy atom. The summed E-state index contributed by atoms with van der Waals surface area (Å²) in [4.78, 5) is 1.24. The van der Waals surface area contributed by atoms with E-state index in [2.05, 4.69) is 0 Å². The maximum absolute atomic E-state index is 12.0. The molecule has 0 bridgehead atoms. The van der Waals surface area contributed by atoms with Gasteiger partial charge in [-0.15, -0.1) is 11.8 Å². The Labute approximate surface area is 141 Å². The number of thioether (sulfide) groups is 1. The summed E-state index contributed by atoms with van der Waals surface area (Å²) in [5.41, 5.74) is 1.91. The molecule has 0 amide bonds. The van der Waals surface area contributed by atoms with Crippen molar-refractivity contribution in [2.45, 2.75) is 29.2 Å². The predicted octanol–water partition coefficient (Wildman–Crippen LogP) is 3.03. The van der Waals surface area contributed by atoms with Crippen LogP contribution >= 0.6 is 11.8 Å². The number of rotatable bonds is 7. The number of aliphatic hydroxyl groups is 1. The molecule has 0 spiro atoms. The van der Waals surface area contributed by atoms with Gasteiger partial charge in [0.1, 0.15) is 0 Å². The quantitative estimate of drug-likeness (QED) is 0.613. The van der Waals surface area contributed by atoms with Crippen LogP contribution in [0.3, 0.4) is 0 Å². The fourth-order valence-electron chi connectivity index (χ4n) is 2.03. The molecule has 23 heavy (non-hydrogen) atoms. The first-order chi connectivity index (χ1) is 10.9. The highest BCUT2D eigenvalue weighted by atomic mass is 32.2. The smallest absolute Gasteiger partial charge is 0.297 e. The number of hydrogen-bond donors (Lipinski definition) is 1. The lowest BCUT2D eigenvalue weighted by Gasteiger charge is -2.12. The largest absolute Gasteiger partial charge is 0.390 e. The van der Waals surface area contributed by atoms with E-state index in [0.717, 1.165) is 16.0 Å². The molecule has 1 unspecified atom stereocenters. The van der Waals surface area contributed by atoms with Crippen LogP contribution in [-0.4, -0.2) is 32.5 Å². The Morgan fingerprint density at radius 3 is 2.26 bits per heavy atom. The molecule has 0 fully saturated rings. The van der Waals surface area contributed by atoms with Crippen LogP contribution in [0.5, 0.6) is 0 Å². The normalized spacial score (nSPS) is 13.0. The van der Waals surface area contributed by atoms with Crippen molar-refractivity contribution in [3.05, 3.63) is 59.7 Å². The average Bonchev–Trinajstić information content (AvgIpc) is 2.54. The molecule has 0 heterocycles. The summed E-state index contributed by atoms with van der Waals surface area (Å²) in [7, 11) is -3.84. The van der Waals surface area contributed by atoms with Gasteiger partial charge < -0.3 is 5.11 Å². The minimum Gasteiger partial charge on any atom is -0.390 e. The molecule has 0 aliphatic carbocycles. The van der Waals surface area contributed by atoms with Crippen molar-refractivity contribution < 1.29 is 17.7 Å². The summed E-state index contributed by atoms with van der Waals surface area (Å²) < 4.78 is 29.0. The van der Waals surface area contributed by atoms with Crippen LogP contribution in [0.15, 0.2) is 58.3 Å². The second-order valence-corrected chi connectivity index (χ2v) is 7.75. The molecule has 1 N–H and O–H groups in total. The standard InChI is InChI=1S/C17H20O4S2/c1-13-3-9-17(10-4-13)23(19,20)21-12-15(18)11-14-5-7-16(22-2)8-6-14/h3-10,15,18H,11-12H2,1-2H3. The molecule has 0 saturated heterocycles. The summed E-state index contributed by atoms with van der Waals surface area (Å²) in [5, 5.41) is 9.99. The van der Waals surface area contributed by atoms with Gasteiger partial charge in [-0.25, -0.2) is 0 Å². The van der Waals surface area contributed by atoms with Gasteiger partial charge in [-0.05, 0) is 43.0 Å². The van der Waals surface area contributed by atoms with Gasteiger partial charge in [0.2, 0.25) is 0 Å². The van der Waals surface area contributed by atoms with Gasteiger partial charge in [0.05, 0.1) is 17.6 Å². The summed E-state index contributed by atoms with van der Waals surface area (Å²) in [6.07, 6.45) is 1.46. The van der Waals surface area contributed by atoms with E-state index < -0.39 is 16.2 Å². The van der Waals surface area contributed by atoms with Crippen LogP contribution < -0.4 is 0 Å². The maximum Gasteiger partial charge on any atom is 0.297 e. The highest BCUT2D eigenvalue weighted by Gasteiger charge is 2.17. The van der Waals surface area contributed by atoms with E-state index >= 15 is 0 Å². The zero-order valence-electron chi connectivity index (χ0n) is 13.1. The molecule has 2 aromatic carbocycles. The summed E-state index contributed by atoms with van der Waals surface area (Å²) in [6.45, 7) is 1.61. The van der Waals surface area contributed by atoms with E-state index in [1.54, 1.807) is 23.9 Å². The van der Waals surface area contributed by atoms with Crippen molar-refractivity contribution in [1.82, 2.24) is 0 Å². The molecule has 0 saturated carbocycles. The Morgan fingerprint density at radius 1 is 1.09 bits per heavy atom. The Bertz CT molecular complexity index is 722. The number of benzene rings is 2. The lowest BCUT2D eigenvalue weighted by Crippen LogP contribution is -2.21. The van der Waals surface area contributed by atoms with Crippen molar-refractivity contribution in [3.63, 3.8) is 0 Å². The van der Waals surface area contributed by atoms with Crippen LogP contribution in [0.4, 0.5) is 0 Å². The third-order valence-corrected chi connectivity index (χ3v) is 5.40. The maximum atomic E-state index is 12.0. The van der Waals surface area contributed by atoms with Gasteiger partial charge in [-0.2, -0.15) is 8.42 Å². The summed E-state index contributed by atoms with van der Waals surface area (Å²) in [5.74, 6) is 0. The first kappa shape index (κ1) is 18.0. The molecule has 1 atom stereocenters. The second-order valence-electron chi connectivity index (χ2n) is 5.26. The summed E-state index contributed by atoms with van der Waals surface area (Å²) >= 11 is 1.64. The van der Waals surface area contributed by atoms with Crippen molar-refractivity contribution in [2.24, 2.45) is 0 Å². The van der Waals surface area contributed by atoms with E-state index in [4.69, 9.17) is 4.18 Å². The monoisotopic (exact) mass is 352 g/mol. The van der Waals surface area contributed by atoms with E-state index in [-0.39, 0.29) is 11.5 Å². The minimum absolute atomic E-state index is 0.0969. The third-order valence-electron chi connectivity index (χ3n) is 3.36. The van der Waals surface area contributed by atoms with E-state index in [9.17, 15) is 13.5 Å². The lowest BCUT2D eigenvalue weighted by atomic mass is 10.1. The minimum atomic E-state index is -3.84. The van der Waals surface area contributed by atoms with Crippen molar-refractivity contribution in [3.8, 4) is 0 Å². The summed E-state index contributed by atoms with van der Waals surface area (Å²) in [6, 6.07) is 14.2. The fourth-order valence-corrected chi connectivity index (χ4v) is 3.38. The molecule has 2 aromatic rings. The second kappa shape index (κ2) is 7.97. The van der Waals surface area contributed by atoms with Crippen LogP contribution in [0.1, 0.15) is 11.1 Å². The van der Waals surface area contributed by atoms with Gasteiger partial charge in [-0.3, -0.25) is 4.18 Å². The van der Waals surface area contributed by atoms with Crippen LogP contribution in [-0.2, 0) is 20.7 Å². The van der Waals surface area contributed by atoms with Crippen LogP contribution in [0.2, 0.25) is 0 Å². The molecule has 0 radical (unpaired) electrons. The molecule has 124 valence electrons. The molecular formula is C17H20O4S2. The third kappa shape index (κ3) is 5.35. The van der Waals surface area contributed by atoms with Crippen LogP contribution in [0.25, 0.3) is 0 Å². The fraction of sp³-hybridized carbons (Fsp3) is 0.294. The van der Waals surface area contributed by atoms with E-state index in [1.165, 1.54) is 12.1 Å². The molecule has 2 rings (SSSR count). The zero-order chi connectivity index (χ0) is 16.9. The average molecular weight is 352 g/mol. The zero-order valence-corrected chi connectivity index (χ0v) is 14.7. The van der Waals surface area contributed by atoms with Gasteiger partial charge in [-0.1, -0.05) is 29.8 Å². The Hall–Kier alpha value is -1.34. The van der Waals surface area contributed by atoms with Gasteiger partial charge in [0.15, 0.2) is 0 Å². The number of aliphatic hydroxyl groups excluding tert-OH is 1. The molecule has 6 heteroatoms. The highest BCUT2D eigenvalue weighted by molar-refractivity contribution is 7.98. The number of hydrogen-bond acceptors (Lipinski definition) is 5. The van der Waals surface area contributed by atoms with E-state index in [1.807, 2.05) is 37.4 Å². The topological polar surface area (TPSA) is 63.6 Å². The Kier molecular flexibility index (Phi) is 6.24. The molecule has 0 aliphatic heterocycles. The molecule has 0 aliphatic rings. The SMILES string of the molecule is CSc1ccc(CC(O)COS(=O)(=O)c2ccc(C)cc2)cc1. The first-order valence-corrected chi connectivity index (χ1v) is 9.81. The molecule has 4 nitrogen and oxygen atoms in total. The van der Waals surface area contributed by atoms with Crippen molar-refractivity contribution in [2.75, 3.05) is 12.9 Å². The van der Waals surface area contributed by atoms with Crippen LogP contribution in [0, 0.1) is 6.92 Å². The lowest BCUT2D eigenvalue weighted by molar-refractivity contribution is 0.111. The first-order valence-electron chi connectivity index (χ1n) is 7.18. The Balaban J connectivity index is 1.92. The predicted molar refractivity (Wildman–Crippen MR) is 92.3 cm³/mol. The van der Waals surface area contributed by atoms with Gasteiger partial charge >= 0.3 is 0 Å². The van der Waals surface area contributed by atoms with Gasteiger partial charge in [0.25, 0.3) is 10.1 Å². The number of aryl methyl sites for hydroxylation is 1. The molecular weight excluding hydrogens is 332 g/mol. The van der Waals surface area contributed by atoms with E-state index in [0.29, 0.717) is 6.42 Å².